The van der Waals surface area contributed by atoms with Gasteiger partial charge in [-0.05, 0) is 31.2 Å². The average molecular weight is 187 g/mol. The zero-order valence-electron chi connectivity index (χ0n) is 8.64. The molecule has 1 rings (SSSR count). The van der Waals surface area contributed by atoms with Gasteiger partial charge in [-0.25, -0.2) is 0 Å². The molecule has 0 aliphatic carbocycles. The predicted octanol–water partition coefficient (Wildman–Crippen LogP) is 0.509. The highest BCUT2D eigenvalue weighted by Gasteiger charge is 2.35. The summed E-state index contributed by atoms with van der Waals surface area (Å²) in [6, 6.07) is 0. The minimum absolute atomic E-state index is 0.134. The third-order valence-electron chi connectivity index (χ3n) is 2.69. The summed E-state index contributed by atoms with van der Waals surface area (Å²) in [6.07, 6.45) is 2.55. The fourth-order valence-corrected chi connectivity index (χ4v) is 2.05. The molecular weight excluding hydrogens is 166 g/mol. The fraction of sp³-hybridized carbons (Fsp3) is 1.00. The second-order valence-corrected chi connectivity index (χ2v) is 5.00. The van der Waals surface area contributed by atoms with Crippen LogP contribution in [0.3, 0.4) is 0 Å². The van der Waals surface area contributed by atoms with Crippen LogP contribution in [0, 0.1) is 5.41 Å². The van der Waals surface area contributed by atoms with Crippen molar-refractivity contribution in [3.05, 3.63) is 0 Å². The largest absolute Gasteiger partial charge is 0.396 e. The number of piperidine rings is 1. The van der Waals surface area contributed by atoms with E-state index in [-0.39, 0.29) is 12.0 Å². The van der Waals surface area contributed by atoms with Crippen molar-refractivity contribution in [3.63, 3.8) is 0 Å². The van der Waals surface area contributed by atoms with Crippen molar-refractivity contribution in [1.29, 1.82) is 0 Å². The molecule has 0 bridgehead atoms. The summed E-state index contributed by atoms with van der Waals surface area (Å²) in [4.78, 5) is 0. The van der Waals surface area contributed by atoms with Gasteiger partial charge in [0.15, 0.2) is 0 Å². The molecule has 1 fully saturated rings. The lowest BCUT2D eigenvalue weighted by Crippen LogP contribution is -2.48. The van der Waals surface area contributed by atoms with Gasteiger partial charge in [-0.1, -0.05) is 13.8 Å². The van der Waals surface area contributed by atoms with Crippen LogP contribution in [0.15, 0.2) is 0 Å². The van der Waals surface area contributed by atoms with Crippen molar-refractivity contribution in [3.8, 4) is 0 Å². The minimum atomic E-state index is -0.607. The van der Waals surface area contributed by atoms with Crippen LogP contribution in [0.4, 0.5) is 0 Å². The first-order chi connectivity index (χ1) is 5.97. The second-order valence-electron chi connectivity index (χ2n) is 5.00. The highest BCUT2D eigenvalue weighted by atomic mass is 16.3. The van der Waals surface area contributed by atoms with Crippen molar-refractivity contribution in [2.45, 2.75) is 38.7 Å². The Morgan fingerprint density at radius 1 is 1.46 bits per heavy atom. The lowest BCUT2D eigenvalue weighted by Gasteiger charge is -2.38. The third kappa shape index (κ3) is 3.25. The lowest BCUT2D eigenvalue weighted by molar-refractivity contribution is -0.0334. The number of rotatable bonds is 3. The van der Waals surface area contributed by atoms with Gasteiger partial charge in [0.25, 0.3) is 0 Å². The molecule has 0 amide bonds. The molecule has 0 aromatic heterocycles. The van der Waals surface area contributed by atoms with Gasteiger partial charge in [0.1, 0.15) is 0 Å². The SMILES string of the molecule is CC(C)(CO)CC1(O)CCCNC1. The van der Waals surface area contributed by atoms with E-state index in [1.165, 1.54) is 0 Å². The van der Waals surface area contributed by atoms with Crippen LogP contribution in [-0.2, 0) is 0 Å². The van der Waals surface area contributed by atoms with Gasteiger partial charge in [-0.15, -0.1) is 0 Å². The highest BCUT2D eigenvalue weighted by molar-refractivity contribution is 4.89. The van der Waals surface area contributed by atoms with Gasteiger partial charge in [0, 0.05) is 13.2 Å². The van der Waals surface area contributed by atoms with Crippen molar-refractivity contribution in [2.75, 3.05) is 19.7 Å². The van der Waals surface area contributed by atoms with Crippen LogP contribution in [-0.4, -0.2) is 35.5 Å². The molecule has 1 saturated heterocycles. The Hall–Kier alpha value is -0.120. The standard InChI is InChI=1S/C10H21NO2/c1-9(2,8-12)6-10(13)4-3-5-11-7-10/h11-13H,3-8H2,1-2H3. The maximum Gasteiger partial charge on any atom is 0.0778 e. The molecular formula is C10H21NO2. The topological polar surface area (TPSA) is 52.5 Å². The van der Waals surface area contributed by atoms with Crippen LogP contribution < -0.4 is 5.32 Å². The van der Waals surface area contributed by atoms with Gasteiger partial charge in [-0.3, -0.25) is 0 Å². The zero-order valence-corrected chi connectivity index (χ0v) is 8.64. The van der Waals surface area contributed by atoms with Crippen LogP contribution in [0.5, 0.6) is 0 Å². The first kappa shape index (κ1) is 11.0. The molecule has 1 unspecified atom stereocenters. The normalized spacial score (nSPS) is 30.5. The summed E-state index contributed by atoms with van der Waals surface area (Å²) in [5, 5.41) is 22.5. The van der Waals surface area contributed by atoms with E-state index in [9.17, 15) is 5.11 Å². The summed E-state index contributed by atoms with van der Waals surface area (Å²) in [7, 11) is 0. The maximum atomic E-state index is 10.2. The molecule has 0 spiro atoms. The molecule has 0 aromatic rings. The summed E-state index contributed by atoms with van der Waals surface area (Å²) >= 11 is 0. The molecule has 1 aliphatic heterocycles. The molecule has 1 heterocycles. The van der Waals surface area contributed by atoms with E-state index in [0.717, 1.165) is 19.4 Å². The van der Waals surface area contributed by atoms with Crippen LogP contribution in [0.1, 0.15) is 33.1 Å². The Balaban J connectivity index is 2.49. The summed E-state index contributed by atoms with van der Waals surface area (Å²) in [6.45, 7) is 5.77. The maximum absolute atomic E-state index is 10.2. The van der Waals surface area contributed by atoms with Gasteiger partial charge in [0.05, 0.1) is 5.60 Å². The molecule has 78 valence electrons. The monoisotopic (exact) mass is 187 g/mol. The van der Waals surface area contributed by atoms with Gasteiger partial charge in [-0.2, -0.15) is 0 Å². The van der Waals surface area contributed by atoms with E-state index in [4.69, 9.17) is 5.11 Å². The number of aliphatic hydroxyl groups is 2. The van der Waals surface area contributed by atoms with Crippen molar-refractivity contribution in [1.82, 2.24) is 5.32 Å². The Kier molecular flexibility index (Phi) is 3.33. The molecule has 0 radical (unpaired) electrons. The molecule has 13 heavy (non-hydrogen) atoms. The Morgan fingerprint density at radius 3 is 2.62 bits per heavy atom. The van der Waals surface area contributed by atoms with Gasteiger partial charge < -0.3 is 15.5 Å². The van der Waals surface area contributed by atoms with Crippen LogP contribution in [0.25, 0.3) is 0 Å². The number of hydrogen-bond donors (Lipinski definition) is 3. The van der Waals surface area contributed by atoms with E-state index in [1.807, 2.05) is 13.8 Å². The summed E-state index contributed by atoms with van der Waals surface area (Å²) < 4.78 is 0. The van der Waals surface area contributed by atoms with E-state index < -0.39 is 5.60 Å². The number of hydrogen-bond acceptors (Lipinski definition) is 3. The van der Waals surface area contributed by atoms with E-state index in [0.29, 0.717) is 13.0 Å². The summed E-state index contributed by atoms with van der Waals surface area (Å²) in [5.74, 6) is 0. The van der Waals surface area contributed by atoms with Crippen molar-refractivity contribution in [2.24, 2.45) is 5.41 Å². The number of aliphatic hydroxyl groups excluding tert-OH is 1. The Labute approximate surface area is 80.2 Å². The summed E-state index contributed by atoms with van der Waals surface area (Å²) in [5.41, 5.74) is -0.780. The number of β-amino-alcohol motifs (C(OH)–C–C–N with tert-alkyl or cyclic N) is 1. The third-order valence-corrected chi connectivity index (χ3v) is 2.69. The molecule has 1 atom stereocenters. The van der Waals surface area contributed by atoms with Crippen LogP contribution in [0.2, 0.25) is 0 Å². The van der Waals surface area contributed by atoms with Gasteiger partial charge >= 0.3 is 0 Å². The fourth-order valence-electron chi connectivity index (χ4n) is 2.05. The highest BCUT2D eigenvalue weighted by Crippen LogP contribution is 2.31. The van der Waals surface area contributed by atoms with E-state index in [2.05, 4.69) is 5.32 Å². The van der Waals surface area contributed by atoms with E-state index >= 15 is 0 Å². The first-order valence-corrected chi connectivity index (χ1v) is 5.01. The van der Waals surface area contributed by atoms with Gasteiger partial charge in [0.2, 0.25) is 0 Å². The van der Waals surface area contributed by atoms with Crippen molar-refractivity contribution < 1.29 is 10.2 Å². The quantitative estimate of drug-likeness (QED) is 0.603. The predicted molar refractivity (Wildman–Crippen MR) is 52.5 cm³/mol. The average Bonchev–Trinajstić information content (AvgIpc) is 2.04. The number of nitrogens with one attached hydrogen (secondary N) is 1. The minimum Gasteiger partial charge on any atom is -0.396 e. The molecule has 1 aliphatic rings. The zero-order chi connectivity index (χ0) is 9.95. The Bertz CT molecular complexity index is 162. The first-order valence-electron chi connectivity index (χ1n) is 5.01. The lowest BCUT2D eigenvalue weighted by atomic mass is 9.77. The van der Waals surface area contributed by atoms with E-state index in [1.54, 1.807) is 0 Å². The Morgan fingerprint density at radius 2 is 2.15 bits per heavy atom. The molecule has 3 N–H and O–H groups in total. The second kappa shape index (κ2) is 3.95. The molecule has 0 aromatic carbocycles. The molecule has 3 nitrogen and oxygen atoms in total. The van der Waals surface area contributed by atoms with Crippen molar-refractivity contribution >= 4 is 0 Å². The molecule has 3 heteroatoms. The smallest absolute Gasteiger partial charge is 0.0778 e. The van der Waals surface area contributed by atoms with Crippen LogP contribution >= 0.6 is 0 Å². The molecule has 0 saturated carbocycles.